The van der Waals surface area contributed by atoms with Gasteiger partial charge in [0.25, 0.3) is 5.91 Å². The maximum atomic E-state index is 13.5. The molecule has 0 spiro atoms. The van der Waals surface area contributed by atoms with Crippen molar-refractivity contribution < 1.29 is 27.5 Å². The van der Waals surface area contributed by atoms with Crippen LogP contribution in [0.1, 0.15) is 37.5 Å². The van der Waals surface area contributed by atoms with Crippen molar-refractivity contribution in [3.63, 3.8) is 0 Å². The third-order valence-corrected chi connectivity index (χ3v) is 5.18. The minimum Gasteiger partial charge on any atom is -0.390 e. The molecule has 2 rings (SSSR count). The first-order chi connectivity index (χ1) is 14.5. The third-order valence-electron chi connectivity index (χ3n) is 5.18. The molecule has 32 heavy (non-hydrogen) atoms. The molecule has 178 valence electrons. The minimum atomic E-state index is -3.28. The summed E-state index contributed by atoms with van der Waals surface area (Å²) in [6.07, 6.45) is -3.93. The molecule has 9 heteroatoms. The van der Waals surface area contributed by atoms with Crippen molar-refractivity contribution in [3.8, 4) is 0 Å². The van der Waals surface area contributed by atoms with Crippen molar-refractivity contribution in [2.45, 2.75) is 57.7 Å². The smallest absolute Gasteiger partial charge is 0.315 e. The molecule has 0 aliphatic carbocycles. The molecule has 0 bridgehead atoms. The standard InChI is InChI=1S/C23H28F4N2O2.ClH/c1-4-14-6-5-7-16(8-14)23(2,3)28-13-20(30)19(29-22(31)21(26)27)11-15-9-17(24)12-18(25)10-15;/h5-10,12,19-21,28,30H,4,11,13H2,1-3H3,(H,29,31);1H/t19-,20-;/m0./s1. The molecule has 1 amide bonds. The van der Waals surface area contributed by atoms with Gasteiger partial charge in [0.15, 0.2) is 0 Å². The van der Waals surface area contributed by atoms with E-state index in [0.29, 0.717) is 6.07 Å². The predicted octanol–water partition coefficient (Wildman–Crippen LogP) is 4.13. The fraction of sp³-hybridized carbons (Fsp3) is 0.435. The van der Waals surface area contributed by atoms with Gasteiger partial charge in [-0.2, -0.15) is 8.78 Å². The molecule has 0 aromatic heterocycles. The van der Waals surface area contributed by atoms with E-state index >= 15 is 0 Å². The van der Waals surface area contributed by atoms with Crippen molar-refractivity contribution in [1.82, 2.24) is 10.6 Å². The van der Waals surface area contributed by atoms with Gasteiger partial charge >= 0.3 is 6.43 Å². The Balaban J connectivity index is 0.00000512. The highest BCUT2D eigenvalue weighted by molar-refractivity contribution is 5.85. The number of rotatable bonds is 10. The fourth-order valence-electron chi connectivity index (χ4n) is 3.30. The molecular weight excluding hydrogens is 448 g/mol. The number of aliphatic hydroxyl groups is 1. The zero-order chi connectivity index (χ0) is 23.2. The monoisotopic (exact) mass is 476 g/mol. The topological polar surface area (TPSA) is 61.4 Å². The lowest BCUT2D eigenvalue weighted by Crippen LogP contribution is -2.52. The molecule has 0 fully saturated rings. The fourth-order valence-corrected chi connectivity index (χ4v) is 3.30. The Labute approximate surface area is 191 Å². The summed E-state index contributed by atoms with van der Waals surface area (Å²) in [6, 6.07) is 9.47. The van der Waals surface area contributed by atoms with Gasteiger partial charge in [0.05, 0.1) is 12.1 Å². The summed E-state index contributed by atoms with van der Waals surface area (Å²) in [5.74, 6) is -3.23. The number of hydrogen-bond acceptors (Lipinski definition) is 3. The Morgan fingerprint density at radius 2 is 1.69 bits per heavy atom. The number of carbonyl (C=O) groups is 1. The molecule has 0 heterocycles. The number of aryl methyl sites for hydroxylation is 1. The second-order valence-corrected chi connectivity index (χ2v) is 8.02. The van der Waals surface area contributed by atoms with Gasteiger partial charge in [0.1, 0.15) is 11.6 Å². The highest BCUT2D eigenvalue weighted by Crippen LogP contribution is 2.22. The highest BCUT2D eigenvalue weighted by atomic mass is 35.5. The zero-order valence-electron chi connectivity index (χ0n) is 18.2. The van der Waals surface area contributed by atoms with Crippen LogP contribution in [0.5, 0.6) is 0 Å². The summed E-state index contributed by atoms with van der Waals surface area (Å²) >= 11 is 0. The van der Waals surface area contributed by atoms with Gasteiger partial charge in [-0.3, -0.25) is 4.79 Å². The Morgan fingerprint density at radius 3 is 2.25 bits per heavy atom. The molecule has 3 N–H and O–H groups in total. The quantitative estimate of drug-likeness (QED) is 0.452. The Hall–Kier alpha value is -2.16. The minimum absolute atomic E-state index is 0. The van der Waals surface area contributed by atoms with E-state index in [0.717, 1.165) is 29.7 Å². The van der Waals surface area contributed by atoms with Crippen molar-refractivity contribution in [3.05, 3.63) is 70.8 Å². The molecule has 2 aromatic rings. The first kappa shape index (κ1) is 27.9. The van der Waals surface area contributed by atoms with Crippen LogP contribution in [-0.4, -0.2) is 36.1 Å². The number of halogens is 5. The van der Waals surface area contributed by atoms with E-state index in [1.165, 1.54) is 0 Å². The number of hydrogen-bond donors (Lipinski definition) is 3. The lowest BCUT2D eigenvalue weighted by Gasteiger charge is -2.31. The van der Waals surface area contributed by atoms with Crippen LogP contribution in [0.3, 0.4) is 0 Å². The molecule has 2 atom stereocenters. The summed E-state index contributed by atoms with van der Waals surface area (Å²) in [5.41, 5.74) is 1.68. The molecule has 0 aliphatic heterocycles. The Kier molecular flexibility index (Phi) is 10.6. The summed E-state index contributed by atoms with van der Waals surface area (Å²) in [7, 11) is 0. The maximum Gasteiger partial charge on any atom is 0.315 e. The average Bonchev–Trinajstić information content (AvgIpc) is 2.70. The van der Waals surface area contributed by atoms with Gasteiger partial charge < -0.3 is 15.7 Å². The predicted molar refractivity (Wildman–Crippen MR) is 118 cm³/mol. The third kappa shape index (κ3) is 8.07. The highest BCUT2D eigenvalue weighted by Gasteiger charge is 2.28. The van der Waals surface area contributed by atoms with Crippen LogP contribution in [0, 0.1) is 11.6 Å². The Morgan fingerprint density at radius 1 is 1.06 bits per heavy atom. The summed E-state index contributed by atoms with van der Waals surface area (Å²) < 4.78 is 52.5. The first-order valence-corrected chi connectivity index (χ1v) is 10.1. The van der Waals surface area contributed by atoms with E-state index in [4.69, 9.17) is 0 Å². The van der Waals surface area contributed by atoms with Crippen LogP contribution < -0.4 is 10.6 Å². The van der Waals surface area contributed by atoms with E-state index in [1.807, 2.05) is 45.0 Å². The number of carbonyl (C=O) groups excluding carboxylic acids is 1. The molecule has 0 saturated carbocycles. The van der Waals surface area contributed by atoms with E-state index in [-0.39, 0.29) is 30.9 Å². The van der Waals surface area contributed by atoms with E-state index in [9.17, 15) is 27.5 Å². The van der Waals surface area contributed by atoms with Gasteiger partial charge in [-0.05, 0) is 55.5 Å². The van der Waals surface area contributed by atoms with Crippen LogP contribution in [0.2, 0.25) is 0 Å². The van der Waals surface area contributed by atoms with Crippen molar-refractivity contribution in [2.75, 3.05) is 6.54 Å². The summed E-state index contributed by atoms with van der Waals surface area (Å²) in [6.45, 7) is 5.80. The van der Waals surface area contributed by atoms with Gasteiger partial charge in [-0.15, -0.1) is 12.4 Å². The number of alkyl halides is 2. The number of benzene rings is 2. The van der Waals surface area contributed by atoms with Crippen LogP contribution in [0.15, 0.2) is 42.5 Å². The number of amides is 1. The number of nitrogens with one attached hydrogen (secondary N) is 2. The van der Waals surface area contributed by atoms with Crippen molar-refractivity contribution in [2.24, 2.45) is 0 Å². The van der Waals surface area contributed by atoms with Gasteiger partial charge in [-0.25, -0.2) is 8.78 Å². The van der Waals surface area contributed by atoms with E-state index in [2.05, 4.69) is 10.6 Å². The summed E-state index contributed by atoms with van der Waals surface area (Å²) in [4.78, 5) is 11.5. The molecule has 0 radical (unpaired) electrons. The summed E-state index contributed by atoms with van der Waals surface area (Å²) in [5, 5.41) is 15.9. The van der Waals surface area contributed by atoms with Crippen LogP contribution >= 0.6 is 12.4 Å². The van der Waals surface area contributed by atoms with Crippen LogP contribution in [0.25, 0.3) is 0 Å². The molecular formula is C23H29ClF4N2O2. The maximum absolute atomic E-state index is 13.5. The second kappa shape index (κ2) is 12.2. The molecule has 2 aromatic carbocycles. The molecule has 0 unspecified atom stereocenters. The normalized spacial score (nSPS) is 13.4. The average molecular weight is 477 g/mol. The van der Waals surface area contributed by atoms with E-state index in [1.54, 1.807) is 0 Å². The second-order valence-electron chi connectivity index (χ2n) is 8.02. The molecule has 0 saturated heterocycles. The lowest BCUT2D eigenvalue weighted by atomic mass is 9.91. The van der Waals surface area contributed by atoms with Gasteiger partial charge in [0.2, 0.25) is 0 Å². The van der Waals surface area contributed by atoms with Gasteiger partial charge in [-0.1, -0.05) is 31.2 Å². The molecule has 0 aliphatic rings. The van der Waals surface area contributed by atoms with Crippen molar-refractivity contribution >= 4 is 18.3 Å². The Bertz CT molecular complexity index is 876. The lowest BCUT2D eigenvalue weighted by molar-refractivity contribution is -0.133. The zero-order valence-corrected chi connectivity index (χ0v) is 19.0. The number of aliphatic hydroxyl groups excluding tert-OH is 1. The van der Waals surface area contributed by atoms with Crippen LogP contribution in [-0.2, 0) is 23.2 Å². The van der Waals surface area contributed by atoms with Crippen LogP contribution in [0.4, 0.5) is 17.6 Å². The SMILES string of the molecule is CCc1cccc(C(C)(C)NC[C@H](O)[C@H](Cc2cc(F)cc(F)c2)NC(=O)C(F)F)c1.Cl. The van der Waals surface area contributed by atoms with Crippen molar-refractivity contribution in [1.29, 1.82) is 0 Å². The largest absolute Gasteiger partial charge is 0.390 e. The van der Waals surface area contributed by atoms with E-state index < -0.39 is 41.7 Å². The van der Waals surface area contributed by atoms with Gasteiger partial charge in [0, 0.05) is 18.2 Å². The first-order valence-electron chi connectivity index (χ1n) is 10.1. The molecule has 4 nitrogen and oxygen atoms in total.